The summed E-state index contributed by atoms with van der Waals surface area (Å²) in [7, 11) is 0. The number of hydrogen-bond donors (Lipinski definition) is 1. The number of phenols is 1. The van der Waals surface area contributed by atoms with E-state index < -0.39 is 0 Å². The van der Waals surface area contributed by atoms with Crippen LogP contribution >= 0.6 is 0 Å². The van der Waals surface area contributed by atoms with E-state index in [9.17, 15) is 5.11 Å². The monoisotopic (exact) mass is 1210 g/mol. The maximum Gasteiger partial charge on any atom is 0.148 e. The molecule has 2 aromatic heterocycles. The molecule has 0 saturated heterocycles. The van der Waals surface area contributed by atoms with Gasteiger partial charge in [0.2, 0.25) is 0 Å². The molecule has 0 radical (unpaired) electrons. The van der Waals surface area contributed by atoms with Gasteiger partial charge in [-0.3, -0.25) is 9.55 Å². The largest absolute Gasteiger partial charge is 0.507 e. The fourth-order valence-electron chi connectivity index (χ4n) is 10.9. The van der Waals surface area contributed by atoms with E-state index >= 15 is 0 Å². The molecule has 396 valence electrons. The number of hydrogen-bond acceptors (Lipinski definition) is 3. The van der Waals surface area contributed by atoms with Crippen molar-refractivity contribution in [2.24, 2.45) is 0 Å². The minimum absolute atomic E-state index is 0. The van der Waals surface area contributed by atoms with Crippen molar-refractivity contribution in [1.29, 1.82) is 0 Å². The maximum atomic E-state index is 12.8. The Balaban J connectivity index is 0.00000704. The Morgan fingerprint density at radius 1 is 0.443 bits per heavy atom. The minimum atomic E-state index is -0.354. The van der Waals surface area contributed by atoms with Crippen molar-refractivity contribution >= 4 is 11.0 Å². The number of para-hydroxylation sites is 1. The number of nitrogens with zero attached hydrogens (tertiary/aromatic N) is 3. The van der Waals surface area contributed by atoms with E-state index in [2.05, 4.69) is 286 Å². The van der Waals surface area contributed by atoms with E-state index in [-0.39, 0.29) is 49.5 Å². The van der Waals surface area contributed by atoms with Crippen molar-refractivity contribution in [2.75, 3.05) is 0 Å². The predicted octanol–water partition coefficient (Wildman–Crippen LogP) is 20.1. The number of imidazole rings is 1. The topological polar surface area (TPSA) is 50.9 Å². The van der Waals surface area contributed by atoms with Gasteiger partial charge in [0.25, 0.3) is 0 Å². The van der Waals surface area contributed by atoms with E-state index in [1.807, 2.05) is 6.20 Å². The third kappa shape index (κ3) is 11.0. The number of pyridine rings is 1. The molecule has 0 fully saturated rings. The Labute approximate surface area is 482 Å². The van der Waals surface area contributed by atoms with E-state index in [1.54, 1.807) is 0 Å². The predicted molar refractivity (Wildman–Crippen MR) is 328 cm³/mol. The molecule has 0 bridgehead atoms. The van der Waals surface area contributed by atoms with Crippen molar-refractivity contribution in [3.8, 4) is 101 Å². The molecule has 4 nitrogen and oxygen atoms in total. The van der Waals surface area contributed by atoms with Crippen LogP contribution in [0.25, 0.3) is 106 Å². The second-order valence-electron chi connectivity index (χ2n) is 23.6. The first kappa shape index (κ1) is 54.4. The van der Waals surface area contributed by atoms with Gasteiger partial charge in [0.1, 0.15) is 11.6 Å². The summed E-state index contributed by atoms with van der Waals surface area (Å²) in [4.78, 5) is 10.9. The molecule has 11 rings (SSSR count). The first-order valence-electron chi connectivity index (χ1n) is 27.5. The molecule has 1 N–H and O–H groups in total. The Kier molecular flexibility index (Phi) is 15.2. The molecule has 0 amide bonds. The van der Waals surface area contributed by atoms with Crippen LogP contribution in [-0.4, -0.2) is 19.6 Å². The van der Waals surface area contributed by atoms with Gasteiger partial charge >= 0.3 is 0 Å². The van der Waals surface area contributed by atoms with Gasteiger partial charge in [-0.15, -0.1) is 23.8 Å². The number of aromatic hydroxyl groups is 1. The quantitative estimate of drug-likeness (QED) is 0.131. The van der Waals surface area contributed by atoms with Gasteiger partial charge in [-0.2, -0.15) is 0 Å². The molecule has 0 spiro atoms. The molecular weight excluding hydrogens is 1140 g/mol. The van der Waals surface area contributed by atoms with Crippen molar-refractivity contribution in [3.05, 3.63) is 241 Å². The van der Waals surface area contributed by atoms with E-state index in [0.29, 0.717) is 11.4 Å². The molecule has 11 aromatic rings. The molecule has 9 aromatic carbocycles. The normalized spacial score (nSPS) is 11.8. The van der Waals surface area contributed by atoms with Crippen molar-refractivity contribution in [2.45, 2.75) is 91.9 Å². The second-order valence-corrected chi connectivity index (χ2v) is 23.6. The number of phenolic OH excluding ortho intramolecular Hbond substituents is 1. The van der Waals surface area contributed by atoms with Crippen LogP contribution in [0.5, 0.6) is 5.75 Å². The van der Waals surface area contributed by atoms with Gasteiger partial charge in [0.15, 0.2) is 0 Å². The summed E-state index contributed by atoms with van der Waals surface area (Å²) in [5, 5.41) is 12.8. The average Bonchev–Trinajstić information content (AvgIpc) is 3.94. The first-order chi connectivity index (χ1) is 37.5. The average molecular weight is 1210 g/mol. The van der Waals surface area contributed by atoms with Gasteiger partial charge in [-0.1, -0.05) is 250 Å². The van der Waals surface area contributed by atoms with Crippen LogP contribution in [0.15, 0.2) is 212 Å². The van der Waals surface area contributed by atoms with Crippen LogP contribution in [0.3, 0.4) is 0 Å². The summed E-state index contributed by atoms with van der Waals surface area (Å²) < 4.78 is 2.37. The number of aromatic nitrogens is 3. The summed E-state index contributed by atoms with van der Waals surface area (Å²) in [6.45, 7) is 22.4. The Hall–Kier alpha value is -7.91. The Morgan fingerprint density at radius 3 is 1.42 bits per heavy atom. The smallest absolute Gasteiger partial charge is 0.148 e. The van der Waals surface area contributed by atoms with Crippen molar-refractivity contribution < 1.29 is 26.2 Å². The number of benzene rings is 9. The minimum Gasteiger partial charge on any atom is -0.507 e. The molecule has 0 aliphatic rings. The molecular formula is C74H68N3OPt-. The first-order valence-corrected chi connectivity index (χ1v) is 27.5. The molecule has 0 unspecified atom stereocenters. The summed E-state index contributed by atoms with van der Waals surface area (Å²) in [6, 6.07) is 77.7. The van der Waals surface area contributed by atoms with E-state index in [0.717, 1.165) is 78.0 Å². The zero-order valence-electron chi connectivity index (χ0n) is 47.0. The molecule has 0 saturated carbocycles. The zero-order valence-corrected chi connectivity index (χ0v) is 49.2. The van der Waals surface area contributed by atoms with Crippen LogP contribution in [0.2, 0.25) is 0 Å². The molecule has 2 heterocycles. The van der Waals surface area contributed by atoms with Crippen LogP contribution < -0.4 is 0 Å². The van der Waals surface area contributed by atoms with Gasteiger partial charge in [0.05, 0.1) is 22.3 Å². The van der Waals surface area contributed by atoms with E-state index in [4.69, 9.17) is 9.97 Å². The Bertz CT molecular complexity index is 3930. The summed E-state index contributed by atoms with van der Waals surface area (Å²) in [5.74, 6) is 1.26. The van der Waals surface area contributed by atoms with Crippen molar-refractivity contribution in [1.82, 2.24) is 14.5 Å². The third-order valence-electron chi connectivity index (χ3n) is 15.3. The van der Waals surface area contributed by atoms with E-state index in [1.165, 1.54) is 38.9 Å². The van der Waals surface area contributed by atoms with Gasteiger partial charge in [-0.05, 0) is 120 Å². The molecule has 0 aliphatic heterocycles. The molecule has 5 heteroatoms. The fourth-order valence-corrected chi connectivity index (χ4v) is 10.9. The van der Waals surface area contributed by atoms with Crippen LogP contribution in [0.1, 0.15) is 103 Å². The number of rotatable bonds is 11. The number of fused-ring (bicyclic) bond motifs is 1. The Morgan fingerprint density at radius 2 is 0.911 bits per heavy atom. The summed E-state index contributed by atoms with van der Waals surface area (Å²) >= 11 is 0. The second kappa shape index (κ2) is 22.1. The van der Waals surface area contributed by atoms with Crippen molar-refractivity contribution in [3.63, 3.8) is 0 Å². The SMILES string of the molecule is CC(C)c1cc(-c2ccccc2)cc(C(C)C)c1-n1c(-c2cc(C(C)(C)C)cc(C(C)(C)C)c2O)nc2c(-c3[c-]c(-c4cc(-c5ccc(-c6ccccc6)cc5)ccn4)cc(-c4ccc(-c5ccccc5)cc4)c3)cccc21.[Pt]. The van der Waals surface area contributed by atoms with Gasteiger partial charge < -0.3 is 5.11 Å². The van der Waals surface area contributed by atoms with Gasteiger partial charge in [0, 0.05) is 38.5 Å². The molecule has 0 atom stereocenters. The van der Waals surface area contributed by atoms with Crippen LogP contribution in [0, 0.1) is 6.07 Å². The summed E-state index contributed by atoms with van der Waals surface area (Å²) in [5.41, 5.74) is 22.4. The maximum absolute atomic E-state index is 12.8. The standard InChI is InChI=1S/C74H68N3O.Pt/c1-47(2)63-42-58(51-25-18-13-19-26-51)43-64(48(3)4)70(63)77-68-28-20-27-62(69(68)76-72(77)65-45-61(73(5,6)7)46-66(71(65)78)74(8,9)10)59-39-57(55-35-31-53(32-36-55)50-23-16-12-17-24-50)40-60(41-59)67-44-56(37-38-75-67)54-33-29-52(30-34-54)49-21-14-11-15-22-49;/h11-40,42-48,78H,1-10H3;/q-1;. The van der Waals surface area contributed by atoms with Crippen LogP contribution in [0.4, 0.5) is 0 Å². The van der Waals surface area contributed by atoms with Crippen LogP contribution in [-0.2, 0) is 31.9 Å². The molecule has 79 heavy (non-hydrogen) atoms. The summed E-state index contributed by atoms with van der Waals surface area (Å²) in [6.07, 6.45) is 1.91. The molecule has 0 aliphatic carbocycles. The van der Waals surface area contributed by atoms with Gasteiger partial charge in [-0.25, -0.2) is 4.98 Å². The fraction of sp³-hybridized carbons (Fsp3) is 0.189. The zero-order chi connectivity index (χ0) is 54.5. The third-order valence-corrected chi connectivity index (χ3v) is 15.3.